The Bertz CT molecular complexity index is 660. The third-order valence-electron chi connectivity index (χ3n) is 3.59. The zero-order valence-corrected chi connectivity index (χ0v) is 10.5. The van der Waals surface area contributed by atoms with Crippen LogP contribution in [0.1, 0.15) is 31.2 Å². The molecule has 1 saturated carbocycles. The van der Waals surface area contributed by atoms with Crippen LogP contribution in [0.3, 0.4) is 0 Å². The van der Waals surface area contributed by atoms with E-state index >= 15 is 0 Å². The van der Waals surface area contributed by atoms with Gasteiger partial charge in [0, 0.05) is 11.6 Å². The van der Waals surface area contributed by atoms with Crippen LogP contribution in [0.2, 0.25) is 0 Å². The van der Waals surface area contributed by atoms with Gasteiger partial charge in [-0.1, -0.05) is 0 Å². The molecule has 19 heavy (non-hydrogen) atoms. The van der Waals surface area contributed by atoms with Crippen LogP contribution in [0.25, 0.3) is 10.9 Å². The summed E-state index contributed by atoms with van der Waals surface area (Å²) in [6.45, 7) is 0. The number of carbonyl (C=O) groups excluding carboxylic acids is 1. The molecular formula is C15H14N2O2. The lowest BCUT2D eigenvalue weighted by Crippen LogP contribution is -2.19. The number of rotatable bonds is 1. The number of hydrogen-bond acceptors (Lipinski definition) is 3. The second-order valence-electron chi connectivity index (χ2n) is 4.86. The van der Waals surface area contributed by atoms with E-state index in [-0.39, 0.29) is 12.2 Å². The molecule has 0 bridgehead atoms. The van der Waals surface area contributed by atoms with E-state index in [9.17, 15) is 4.79 Å². The standard InChI is InChI=1S/C15H14N2O2/c16-10-11-5-6-14-12(9-11)7-8-17(14)15(18)19-13-3-1-2-4-13/h5-9,13H,1-4H2. The van der Waals surface area contributed by atoms with Gasteiger partial charge in [0.2, 0.25) is 0 Å². The molecule has 1 heterocycles. The first-order chi connectivity index (χ1) is 9.28. The van der Waals surface area contributed by atoms with Gasteiger partial charge in [-0.2, -0.15) is 5.26 Å². The van der Waals surface area contributed by atoms with Gasteiger partial charge < -0.3 is 4.74 Å². The first-order valence-electron chi connectivity index (χ1n) is 6.50. The molecule has 1 aliphatic rings. The highest BCUT2D eigenvalue weighted by Crippen LogP contribution is 2.23. The molecule has 0 spiro atoms. The third kappa shape index (κ3) is 2.19. The normalized spacial score (nSPS) is 15.5. The Morgan fingerprint density at radius 2 is 2.11 bits per heavy atom. The van der Waals surface area contributed by atoms with Crippen molar-refractivity contribution in [2.24, 2.45) is 0 Å². The fourth-order valence-electron chi connectivity index (χ4n) is 2.58. The summed E-state index contributed by atoms with van der Waals surface area (Å²) in [4.78, 5) is 12.1. The maximum absolute atomic E-state index is 12.1. The van der Waals surface area contributed by atoms with Crippen LogP contribution in [0.5, 0.6) is 0 Å². The van der Waals surface area contributed by atoms with E-state index in [0.29, 0.717) is 5.56 Å². The van der Waals surface area contributed by atoms with Crippen molar-refractivity contribution in [1.29, 1.82) is 5.26 Å². The Morgan fingerprint density at radius 1 is 1.32 bits per heavy atom. The van der Waals surface area contributed by atoms with Crippen LogP contribution in [-0.4, -0.2) is 16.8 Å². The lowest BCUT2D eigenvalue weighted by atomic mass is 10.2. The lowest BCUT2D eigenvalue weighted by Gasteiger charge is -2.12. The molecule has 0 aliphatic heterocycles. The van der Waals surface area contributed by atoms with Crippen molar-refractivity contribution in [3.05, 3.63) is 36.0 Å². The van der Waals surface area contributed by atoms with Crippen molar-refractivity contribution < 1.29 is 9.53 Å². The molecule has 1 aromatic heterocycles. The van der Waals surface area contributed by atoms with Crippen LogP contribution in [0, 0.1) is 11.3 Å². The topological polar surface area (TPSA) is 55.0 Å². The summed E-state index contributed by atoms with van der Waals surface area (Å²) in [5.74, 6) is 0. The number of nitrogens with zero attached hydrogens (tertiary/aromatic N) is 2. The average Bonchev–Trinajstić information content (AvgIpc) is 3.06. The van der Waals surface area contributed by atoms with E-state index in [1.165, 1.54) is 4.57 Å². The molecule has 4 nitrogen and oxygen atoms in total. The van der Waals surface area contributed by atoms with E-state index in [1.54, 1.807) is 24.4 Å². The molecular weight excluding hydrogens is 240 g/mol. The fourth-order valence-corrected chi connectivity index (χ4v) is 2.58. The zero-order valence-electron chi connectivity index (χ0n) is 10.5. The summed E-state index contributed by atoms with van der Waals surface area (Å²) in [7, 11) is 0. The molecule has 1 aliphatic carbocycles. The van der Waals surface area contributed by atoms with Crippen molar-refractivity contribution in [1.82, 2.24) is 4.57 Å². The first-order valence-corrected chi connectivity index (χ1v) is 6.50. The van der Waals surface area contributed by atoms with Crippen LogP contribution >= 0.6 is 0 Å². The molecule has 0 atom stereocenters. The summed E-state index contributed by atoms with van der Waals surface area (Å²) in [5, 5.41) is 9.73. The number of benzene rings is 1. The molecule has 0 radical (unpaired) electrons. The number of fused-ring (bicyclic) bond motifs is 1. The predicted octanol–water partition coefficient (Wildman–Crippen LogP) is 3.44. The highest BCUT2D eigenvalue weighted by Gasteiger charge is 2.20. The van der Waals surface area contributed by atoms with Crippen molar-refractivity contribution in [2.75, 3.05) is 0 Å². The van der Waals surface area contributed by atoms with E-state index in [4.69, 9.17) is 10.00 Å². The summed E-state index contributed by atoms with van der Waals surface area (Å²) >= 11 is 0. The number of carbonyl (C=O) groups is 1. The average molecular weight is 254 g/mol. The molecule has 2 aromatic rings. The Kier molecular flexibility index (Phi) is 2.96. The number of nitriles is 1. The van der Waals surface area contributed by atoms with Crippen LogP contribution < -0.4 is 0 Å². The highest BCUT2D eigenvalue weighted by molar-refractivity contribution is 5.90. The van der Waals surface area contributed by atoms with Gasteiger partial charge in [0.1, 0.15) is 6.10 Å². The van der Waals surface area contributed by atoms with Gasteiger partial charge in [-0.15, -0.1) is 0 Å². The monoisotopic (exact) mass is 254 g/mol. The largest absolute Gasteiger partial charge is 0.446 e. The van der Waals surface area contributed by atoms with Gasteiger partial charge in [0.15, 0.2) is 0 Å². The van der Waals surface area contributed by atoms with Crippen LogP contribution in [0.4, 0.5) is 4.79 Å². The fraction of sp³-hybridized carbons (Fsp3) is 0.333. The second-order valence-corrected chi connectivity index (χ2v) is 4.86. The van der Waals surface area contributed by atoms with Gasteiger partial charge in [0.05, 0.1) is 17.1 Å². The molecule has 4 heteroatoms. The molecule has 0 unspecified atom stereocenters. The van der Waals surface area contributed by atoms with E-state index in [1.807, 2.05) is 6.07 Å². The lowest BCUT2D eigenvalue weighted by molar-refractivity contribution is 0.103. The minimum absolute atomic E-state index is 0.0586. The molecule has 0 saturated heterocycles. The second kappa shape index (κ2) is 4.77. The first kappa shape index (κ1) is 11.8. The third-order valence-corrected chi connectivity index (χ3v) is 3.59. The molecule has 3 rings (SSSR count). The van der Waals surface area contributed by atoms with Crippen LogP contribution in [0.15, 0.2) is 30.5 Å². The zero-order chi connectivity index (χ0) is 13.2. The number of ether oxygens (including phenoxy) is 1. The molecule has 1 aromatic carbocycles. The quantitative estimate of drug-likeness (QED) is 0.783. The van der Waals surface area contributed by atoms with Gasteiger partial charge in [-0.3, -0.25) is 4.57 Å². The van der Waals surface area contributed by atoms with Crippen molar-refractivity contribution >= 4 is 17.0 Å². The smallest absolute Gasteiger partial charge is 0.418 e. The Balaban J connectivity index is 1.88. The molecule has 0 amide bonds. The van der Waals surface area contributed by atoms with Crippen molar-refractivity contribution in [3.8, 4) is 6.07 Å². The number of hydrogen-bond donors (Lipinski definition) is 0. The maximum Gasteiger partial charge on any atom is 0.418 e. The van der Waals surface area contributed by atoms with E-state index in [2.05, 4.69) is 6.07 Å². The molecule has 0 N–H and O–H groups in total. The maximum atomic E-state index is 12.1. The highest BCUT2D eigenvalue weighted by atomic mass is 16.6. The summed E-state index contributed by atoms with van der Waals surface area (Å²) in [6.07, 6.45) is 5.62. The molecule has 1 fully saturated rings. The van der Waals surface area contributed by atoms with E-state index in [0.717, 1.165) is 36.6 Å². The van der Waals surface area contributed by atoms with E-state index < -0.39 is 0 Å². The Morgan fingerprint density at radius 3 is 2.84 bits per heavy atom. The molecule has 96 valence electrons. The van der Waals surface area contributed by atoms with Gasteiger partial charge >= 0.3 is 6.09 Å². The minimum Gasteiger partial charge on any atom is -0.446 e. The SMILES string of the molecule is N#Cc1ccc2c(ccn2C(=O)OC2CCCC2)c1. The summed E-state index contributed by atoms with van der Waals surface area (Å²) in [6, 6.07) is 9.18. The van der Waals surface area contributed by atoms with Crippen molar-refractivity contribution in [2.45, 2.75) is 31.8 Å². The van der Waals surface area contributed by atoms with Gasteiger partial charge in [-0.25, -0.2) is 4.79 Å². The Hall–Kier alpha value is -2.28. The predicted molar refractivity (Wildman–Crippen MR) is 70.8 cm³/mol. The van der Waals surface area contributed by atoms with Crippen LogP contribution in [-0.2, 0) is 4.74 Å². The van der Waals surface area contributed by atoms with Gasteiger partial charge in [-0.05, 0) is 49.9 Å². The van der Waals surface area contributed by atoms with Crippen molar-refractivity contribution in [3.63, 3.8) is 0 Å². The summed E-state index contributed by atoms with van der Waals surface area (Å²) in [5.41, 5.74) is 1.37. The van der Waals surface area contributed by atoms with Gasteiger partial charge in [0.25, 0.3) is 0 Å². The number of aromatic nitrogens is 1. The minimum atomic E-state index is -0.327. The summed E-state index contributed by atoms with van der Waals surface area (Å²) < 4.78 is 6.99. The Labute approximate surface area is 111 Å².